The second-order valence-corrected chi connectivity index (χ2v) is 7.90. The van der Waals surface area contributed by atoms with Crippen LogP contribution in [-0.2, 0) is 16.1 Å². The first-order valence-corrected chi connectivity index (χ1v) is 8.82. The zero-order valence-corrected chi connectivity index (χ0v) is 15.4. The minimum absolute atomic E-state index is 0.0411. The number of nitrogens with zero attached hydrogens (tertiary/aromatic N) is 2. The number of aromatic nitrogens is 1. The maximum Gasteiger partial charge on any atom is 0.221 e. The minimum atomic E-state index is 0.0411. The van der Waals surface area contributed by atoms with Gasteiger partial charge >= 0.3 is 0 Å². The molecule has 6 nitrogen and oxygen atoms in total. The third-order valence-electron chi connectivity index (χ3n) is 5.75. The Kier molecular flexibility index (Phi) is 4.71. The molecule has 1 amide bonds. The molecule has 0 unspecified atom stereocenters. The summed E-state index contributed by atoms with van der Waals surface area (Å²) in [4.78, 5) is 14.5. The Bertz CT molecular complexity index is 591. The normalized spacial score (nSPS) is 27.8. The molecule has 2 fully saturated rings. The molecule has 3 atom stereocenters. The number of carbonyl (C=O) groups excluding carboxylic acids is 1. The molecule has 2 aliphatic rings. The van der Waals surface area contributed by atoms with Crippen molar-refractivity contribution in [2.24, 2.45) is 11.3 Å². The monoisotopic (exact) mass is 335 g/mol. The Labute approximate surface area is 143 Å². The van der Waals surface area contributed by atoms with Crippen molar-refractivity contribution >= 4 is 5.91 Å². The molecule has 0 radical (unpaired) electrons. The number of nitrogens with one attached hydrogen (secondary N) is 1. The third-order valence-corrected chi connectivity index (χ3v) is 5.75. The standard InChI is InChI=1S/C18H29N3O3/c1-11-14(12(2)24-20-11)10-21(5)8-6-15(22)19-16-13-7-9-23-17(13)18(16,3)4/h13,16-17H,6-10H2,1-5H3,(H,19,22)/t13-,16-,17-/m1/s1. The van der Waals surface area contributed by atoms with Gasteiger partial charge < -0.3 is 19.5 Å². The van der Waals surface area contributed by atoms with Gasteiger partial charge in [-0.2, -0.15) is 0 Å². The van der Waals surface area contributed by atoms with E-state index in [2.05, 4.69) is 29.2 Å². The first-order chi connectivity index (χ1) is 11.3. The lowest BCUT2D eigenvalue weighted by Gasteiger charge is -2.54. The highest BCUT2D eigenvalue weighted by Gasteiger charge is 2.59. The van der Waals surface area contributed by atoms with E-state index in [9.17, 15) is 4.79 Å². The molecule has 0 bridgehead atoms. The molecule has 1 aromatic heterocycles. The average molecular weight is 335 g/mol. The SMILES string of the molecule is Cc1noc(C)c1CN(C)CCC(=O)N[C@@H]1[C@H]2CCO[C@H]2C1(C)C. The van der Waals surface area contributed by atoms with Gasteiger partial charge in [-0.3, -0.25) is 4.79 Å². The molecule has 2 heterocycles. The Balaban J connectivity index is 1.46. The van der Waals surface area contributed by atoms with Crippen LogP contribution in [0.4, 0.5) is 0 Å². The van der Waals surface area contributed by atoms with Gasteiger partial charge in [0.05, 0.1) is 11.8 Å². The number of aryl methyl sites for hydroxylation is 2. The van der Waals surface area contributed by atoms with Crippen molar-refractivity contribution in [2.45, 2.75) is 59.2 Å². The fraction of sp³-hybridized carbons (Fsp3) is 0.778. The maximum absolute atomic E-state index is 12.4. The van der Waals surface area contributed by atoms with Crippen LogP contribution in [0.2, 0.25) is 0 Å². The molecule has 1 aliphatic carbocycles. The largest absolute Gasteiger partial charge is 0.377 e. The van der Waals surface area contributed by atoms with Gasteiger partial charge in [-0.05, 0) is 27.3 Å². The van der Waals surface area contributed by atoms with Gasteiger partial charge in [-0.1, -0.05) is 19.0 Å². The van der Waals surface area contributed by atoms with Crippen molar-refractivity contribution in [3.05, 3.63) is 17.0 Å². The Morgan fingerprint density at radius 2 is 2.17 bits per heavy atom. The summed E-state index contributed by atoms with van der Waals surface area (Å²) in [5.74, 6) is 1.47. The number of hydrogen-bond donors (Lipinski definition) is 1. The third kappa shape index (κ3) is 3.09. The maximum atomic E-state index is 12.4. The summed E-state index contributed by atoms with van der Waals surface area (Å²) in [5.41, 5.74) is 2.08. The van der Waals surface area contributed by atoms with E-state index in [1.165, 1.54) is 0 Å². The predicted molar refractivity (Wildman–Crippen MR) is 90.5 cm³/mol. The molecule has 1 saturated carbocycles. The van der Waals surface area contributed by atoms with Crippen LogP contribution in [-0.4, -0.2) is 48.3 Å². The van der Waals surface area contributed by atoms with E-state index in [-0.39, 0.29) is 17.4 Å². The van der Waals surface area contributed by atoms with Gasteiger partial charge in [0.2, 0.25) is 5.91 Å². The number of hydrogen-bond acceptors (Lipinski definition) is 5. The van der Waals surface area contributed by atoms with E-state index in [1.807, 2.05) is 20.9 Å². The fourth-order valence-corrected chi connectivity index (χ4v) is 4.23. The van der Waals surface area contributed by atoms with E-state index in [1.54, 1.807) is 0 Å². The van der Waals surface area contributed by atoms with Crippen LogP contribution in [0.15, 0.2) is 4.52 Å². The zero-order chi connectivity index (χ0) is 17.5. The molecule has 1 N–H and O–H groups in total. The number of amides is 1. The highest BCUT2D eigenvalue weighted by molar-refractivity contribution is 5.76. The molecule has 24 heavy (non-hydrogen) atoms. The summed E-state index contributed by atoms with van der Waals surface area (Å²) in [6.07, 6.45) is 1.88. The van der Waals surface area contributed by atoms with Crippen molar-refractivity contribution in [2.75, 3.05) is 20.2 Å². The van der Waals surface area contributed by atoms with Gasteiger partial charge in [0.25, 0.3) is 0 Å². The smallest absolute Gasteiger partial charge is 0.221 e. The van der Waals surface area contributed by atoms with Gasteiger partial charge in [0.1, 0.15) is 5.76 Å². The van der Waals surface area contributed by atoms with Crippen LogP contribution in [0, 0.1) is 25.2 Å². The molecule has 1 aliphatic heterocycles. The van der Waals surface area contributed by atoms with Gasteiger partial charge in [0, 0.05) is 49.1 Å². The molecular formula is C18H29N3O3. The van der Waals surface area contributed by atoms with E-state index in [0.29, 0.717) is 25.0 Å². The Hall–Kier alpha value is -1.40. The summed E-state index contributed by atoms with van der Waals surface area (Å²) < 4.78 is 11.0. The molecule has 1 aromatic rings. The Morgan fingerprint density at radius 1 is 1.42 bits per heavy atom. The van der Waals surface area contributed by atoms with Crippen LogP contribution in [0.3, 0.4) is 0 Å². The Morgan fingerprint density at radius 3 is 2.83 bits per heavy atom. The first kappa shape index (κ1) is 17.4. The van der Waals surface area contributed by atoms with E-state index in [0.717, 1.165) is 36.6 Å². The van der Waals surface area contributed by atoms with Crippen molar-refractivity contribution in [3.63, 3.8) is 0 Å². The fourth-order valence-electron chi connectivity index (χ4n) is 4.23. The summed E-state index contributed by atoms with van der Waals surface area (Å²) in [6.45, 7) is 10.5. The summed E-state index contributed by atoms with van der Waals surface area (Å²) in [6, 6.07) is 0.241. The van der Waals surface area contributed by atoms with E-state index < -0.39 is 0 Å². The first-order valence-electron chi connectivity index (χ1n) is 8.82. The van der Waals surface area contributed by atoms with Gasteiger partial charge in [0.15, 0.2) is 0 Å². The molecule has 6 heteroatoms. The summed E-state index contributed by atoms with van der Waals surface area (Å²) in [7, 11) is 2.02. The number of rotatable bonds is 6. The lowest BCUT2D eigenvalue weighted by molar-refractivity contribution is -0.138. The highest BCUT2D eigenvalue weighted by Crippen LogP contribution is 2.52. The van der Waals surface area contributed by atoms with Crippen molar-refractivity contribution in [1.82, 2.24) is 15.4 Å². The van der Waals surface area contributed by atoms with Crippen LogP contribution < -0.4 is 5.32 Å². The molecule has 1 saturated heterocycles. The second-order valence-electron chi connectivity index (χ2n) is 7.90. The van der Waals surface area contributed by atoms with Gasteiger partial charge in [-0.15, -0.1) is 0 Å². The van der Waals surface area contributed by atoms with E-state index in [4.69, 9.17) is 9.26 Å². The number of carbonyl (C=O) groups is 1. The van der Waals surface area contributed by atoms with Crippen molar-refractivity contribution in [3.8, 4) is 0 Å². The topological polar surface area (TPSA) is 67.6 Å². The van der Waals surface area contributed by atoms with Crippen molar-refractivity contribution in [1.29, 1.82) is 0 Å². The lowest BCUT2D eigenvalue weighted by atomic mass is 9.57. The summed E-state index contributed by atoms with van der Waals surface area (Å²) >= 11 is 0. The van der Waals surface area contributed by atoms with Gasteiger partial charge in [-0.25, -0.2) is 0 Å². The average Bonchev–Trinajstić information content (AvgIpc) is 3.11. The molecule has 3 rings (SSSR count). The van der Waals surface area contributed by atoms with Crippen LogP contribution in [0.1, 0.15) is 43.7 Å². The van der Waals surface area contributed by atoms with Crippen LogP contribution in [0.5, 0.6) is 0 Å². The van der Waals surface area contributed by atoms with Crippen LogP contribution in [0.25, 0.3) is 0 Å². The number of fused-ring (bicyclic) bond motifs is 1. The lowest BCUT2D eigenvalue weighted by Crippen LogP contribution is -2.66. The van der Waals surface area contributed by atoms with Crippen LogP contribution >= 0.6 is 0 Å². The molecule has 0 spiro atoms. The zero-order valence-electron chi connectivity index (χ0n) is 15.4. The minimum Gasteiger partial charge on any atom is -0.377 e. The second kappa shape index (κ2) is 6.48. The molecular weight excluding hydrogens is 306 g/mol. The van der Waals surface area contributed by atoms with Crippen molar-refractivity contribution < 1.29 is 14.1 Å². The molecule has 0 aromatic carbocycles. The quantitative estimate of drug-likeness (QED) is 0.862. The van der Waals surface area contributed by atoms with E-state index >= 15 is 0 Å². The summed E-state index contributed by atoms with van der Waals surface area (Å²) in [5, 5.41) is 7.21. The highest BCUT2D eigenvalue weighted by atomic mass is 16.5. The predicted octanol–water partition coefficient (Wildman–Crippen LogP) is 2.04. The molecule has 134 valence electrons. The number of ether oxygens (including phenoxy) is 1.